The molecule has 4 rings (SSSR count). The molecule has 0 unspecified atom stereocenters. The first-order chi connectivity index (χ1) is 13.4. The summed E-state index contributed by atoms with van der Waals surface area (Å²) >= 11 is 0. The molecular formula is C25H33OP. The van der Waals surface area contributed by atoms with Gasteiger partial charge in [-0.25, -0.2) is 0 Å². The molecule has 0 saturated heterocycles. The number of rotatable bonds is 5. The molecule has 2 fully saturated rings. The molecule has 0 spiro atoms. The highest BCUT2D eigenvalue weighted by Gasteiger charge is 2.33. The number of ether oxygens (including phenoxy) is 1. The average Bonchev–Trinajstić information content (AvgIpc) is 2.76. The van der Waals surface area contributed by atoms with Gasteiger partial charge in [0, 0.05) is 0 Å². The fourth-order valence-electron chi connectivity index (χ4n) is 5.12. The Labute approximate surface area is 166 Å². The molecule has 0 atom stereocenters. The van der Waals surface area contributed by atoms with E-state index in [-0.39, 0.29) is 7.92 Å². The second kappa shape index (κ2) is 9.24. The van der Waals surface area contributed by atoms with Gasteiger partial charge >= 0.3 is 0 Å². The SMILES string of the molecule is COc1ccc(-c2ccccc2P(C2CCCCC2)C2CCCCC2)cc1. The average molecular weight is 381 g/mol. The number of hydrogen-bond acceptors (Lipinski definition) is 1. The molecule has 2 saturated carbocycles. The zero-order chi connectivity index (χ0) is 18.5. The largest absolute Gasteiger partial charge is 0.497 e. The lowest BCUT2D eigenvalue weighted by atomic mass is 9.99. The van der Waals surface area contributed by atoms with E-state index in [4.69, 9.17) is 4.74 Å². The first-order valence-electron chi connectivity index (χ1n) is 10.9. The molecular weight excluding hydrogens is 347 g/mol. The summed E-state index contributed by atoms with van der Waals surface area (Å²) in [6.07, 6.45) is 14.5. The highest BCUT2D eigenvalue weighted by Crippen LogP contribution is 2.56. The number of benzene rings is 2. The second-order valence-electron chi connectivity index (χ2n) is 8.24. The highest BCUT2D eigenvalue weighted by molar-refractivity contribution is 7.67. The summed E-state index contributed by atoms with van der Waals surface area (Å²) < 4.78 is 5.38. The summed E-state index contributed by atoms with van der Waals surface area (Å²) in [5, 5.41) is 1.68. The van der Waals surface area contributed by atoms with Crippen LogP contribution in [0.3, 0.4) is 0 Å². The molecule has 144 valence electrons. The molecule has 0 aromatic heterocycles. The van der Waals surface area contributed by atoms with Crippen molar-refractivity contribution in [3.63, 3.8) is 0 Å². The number of hydrogen-bond donors (Lipinski definition) is 0. The van der Waals surface area contributed by atoms with Gasteiger partial charge in [-0.15, -0.1) is 0 Å². The Kier molecular flexibility index (Phi) is 6.51. The maximum Gasteiger partial charge on any atom is 0.118 e. The monoisotopic (exact) mass is 380 g/mol. The Balaban J connectivity index is 1.72. The lowest BCUT2D eigenvalue weighted by Crippen LogP contribution is -2.27. The van der Waals surface area contributed by atoms with E-state index < -0.39 is 0 Å². The summed E-state index contributed by atoms with van der Waals surface area (Å²) in [6, 6.07) is 18.0. The molecule has 2 aromatic carbocycles. The molecule has 1 nitrogen and oxygen atoms in total. The molecule has 2 aliphatic carbocycles. The fraction of sp³-hybridized carbons (Fsp3) is 0.520. The smallest absolute Gasteiger partial charge is 0.118 e. The molecule has 0 heterocycles. The Morgan fingerprint density at radius 3 is 1.81 bits per heavy atom. The molecule has 0 N–H and O–H groups in total. The van der Waals surface area contributed by atoms with Crippen molar-refractivity contribution >= 4 is 13.2 Å². The predicted molar refractivity (Wildman–Crippen MR) is 119 cm³/mol. The van der Waals surface area contributed by atoms with Crippen LogP contribution in [0.2, 0.25) is 0 Å². The second-order valence-corrected chi connectivity index (χ2v) is 11.0. The van der Waals surface area contributed by atoms with Crippen molar-refractivity contribution in [3.8, 4) is 16.9 Å². The van der Waals surface area contributed by atoms with Crippen LogP contribution in [0.1, 0.15) is 64.2 Å². The molecule has 0 amide bonds. The van der Waals surface area contributed by atoms with E-state index in [0.29, 0.717) is 0 Å². The van der Waals surface area contributed by atoms with Crippen molar-refractivity contribution in [3.05, 3.63) is 48.5 Å². The first kappa shape index (κ1) is 19.0. The summed E-state index contributed by atoms with van der Waals surface area (Å²) in [6.45, 7) is 0. The van der Waals surface area contributed by atoms with E-state index in [1.807, 2.05) is 0 Å². The van der Waals surface area contributed by atoms with Gasteiger partial charge in [-0.3, -0.25) is 0 Å². The Morgan fingerprint density at radius 1 is 0.704 bits per heavy atom. The minimum absolute atomic E-state index is 0.0790. The fourth-order valence-corrected chi connectivity index (χ4v) is 9.09. The van der Waals surface area contributed by atoms with Crippen LogP contribution in [-0.4, -0.2) is 18.4 Å². The van der Waals surface area contributed by atoms with Crippen molar-refractivity contribution in [1.29, 1.82) is 0 Å². The predicted octanol–water partition coefficient (Wildman–Crippen LogP) is 7.13. The van der Waals surface area contributed by atoms with Gasteiger partial charge in [-0.1, -0.05) is 82.8 Å². The van der Waals surface area contributed by atoms with Crippen LogP contribution in [0, 0.1) is 0 Å². The Hall–Kier alpha value is -1.33. The molecule has 27 heavy (non-hydrogen) atoms. The van der Waals surface area contributed by atoms with E-state index >= 15 is 0 Å². The van der Waals surface area contributed by atoms with E-state index in [1.165, 1.54) is 75.3 Å². The minimum Gasteiger partial charge on any atom is -0.497 e. The zero-order valence-electron chi connectivity index (χ0n) is 16.7. The molecule has 2 aliphatic rings. The van der Waals surface area contributed by atoms with E-state index in [2.05, 4.69) is 48.5 Å². The Bertz CT molecular complexity index is 693. The van der Waals surface area contributed by atoms with Crippen molar-refractivity contribution in [2.45, 2.75) is 75.5 Å². The van der Waals surface area contributed by atoms with Crippen LogP contribution in [0.25, 0.3) is 11.1 Å². The van der Waals surface area contributed by atoms with Crippen LogP contribution in [0.5, 0.6) is 5.75 Å². The van der Waals surface area contributed by atoms with Crippen molar-refractivity contribution < 1.29 is 4.74 Å². The highest BCUT2D eigenvalue weighted by atomic mass is 31.1. The molecule has 2 aromatic rings. The van der Waals surface area contributed by atoms with Crippen LogP contribution in [0.15, 0.2) is 48.5 Å². The topological polar surface area (TPSA) is 9.23 Å². The van der Waals surface area contributed by atoms with Crippen molar-refractivity contribution in [2.24, 2.45) is 0 Å². The quantitative estimate of drug-likeness (QED) is 0.501. The summed E-state index contributed by atoms with van der Waals surface area (Å²) in [5.41, 5.74) is 4.71. The van der Waals surface area contributed by atoms with Gasteiger partial charge in [0.2, 0.25) is 0 Å². The summed E-state index contributed by atoms with van der Waals surface area (Å²) in [4.78, 5) is 0. The third-order valence-corrected chi connectivity index (χ3v) is 10.1. The van der Waals surface area contributed by atoms with E-state index in [1.54, 1.807) is 12.4 Å². The van der Waals surface area contributed by atoms with Crippen LogP contribution >= 0.6 is 7.92 Å². The van der Waals surface area contributed by atoms with Gasteiger partial charge in [-0.2, -0.15) is 0 Å². The van der Waals surface area contributed by atoms with Crippen molar-refractivity contribution in [2.75, 3.05) is 7.11 Å². The first-order valence-corrected chi connectivity index (χ1v) is 12.4. The molecule has 0 aliphatic heterocycles. The van der Waals surface area contributed by atoms with Crippen molar-refractivity contribution in [1.82, 2.24) is 0 Å². The maximum absolute atomic E-state index is 5.38. The van der Waals surface area contributed by atoms with Gasteiger partial charge < -0.3 is 4.74 Å². The maximum atomic E-state index is 5.38. The molecule has 0 radical (unpaired) electrons. The van der Waals surface area contributed by atoms with Gasteiger partial charge in [0.1, 0.15) is 5.75 Å². The standard InChI is InChI=1S/C25H33OP/c1-26-21-18-16-20(17-19-21)24-14-8-9-15-25(24)27(22-10-4-2-5-11-22)23-12-6-3-7-13-23/h8-9,14-19,22-23H,2-7,10-13H2,1H3. The lowest BCUT2D eigenvalue weighted by Gasteiger charge is -2.39. The summed E-state index contributed by atoms with van der Waals surface area (Å²) in [5.74, 6) is 0.943. The van der Waals surface area contributed by atoms with Gasteiger partial charge in [0.05, 0.1) is 7.11 Å². The minimum atomic E-state index is -0.0790. The molecule has 0 bridgehead atoms. The van der Waals surface area contributed by atoms with Gasteiger partial charge in [0.15, 0.2) is 0 Å². The zero-order valence-corrected chi connectivity index (χ0v) is 17.6. The third kappa shape index (κ3) is 4.40. The van der Waals surface area contributed by atoms with Crippen LogP contribution < -0.4 is 10.0 Å². The van der Waals surface area contributed by atoms with E-state index in [9.17, 15) is 0 Å². The van der Waals surface area contributed by atoms with Gasteiger partial charge in [-0.05, 0) is 65.6 Å². The normalized spacial score (nSPS) is 19.3. The number of methoxy groups -OCH3 is 1. The lowest BCUT2D eigenvalue weighted by molar-refractivity contribution is 0.415. The van der Waals surface area contributed by atoms with Crippen LogP contribution in [-0.2, 0) is 0 Å². The van der Waals surface area contributed by atoms with Crippen LogP contribution in [0.4, 0.5) is 0 Å². The molecule has 2 heteroatoms. The Morgan fingerprint density at radius 2 is 1.26 bits per heavy atom. The van der Waals surface area contributed by atoms with Gasteiger partial charge in [0.25, 0.3) is 0 Å². The van der Waals surface area contributed by atoms with E-state index in [0.717, 1.165) is 17.1 Å². The summed E-state index contributed by atoms with van der Waals surface area (Å²) in [7, 11) is 1.67. The third-order valence-electron chi connectivity index (χ3n) is 6.52.